The summed E-state index contributed by atoms with van der Waals surface area (Å²) in [5, 5.41) is 1.41. The number of aromatic nitrogens is 2. The number of hydrogen-bond acceptors (Lipinski definition) is 6. The van der Waals surface area contributed by atoms with E-state index in [0.717, 1.165) is 62.2 Å². The Bertz CT molecular complexity index is 825. The van der Waals surface area contributed by atoms with Crippen LogP contribution in [0, 0.1) is 0 Å². The number of benzene rings is 1. The van der Waals surface area contributed by atoms with E-state index >= 15 is 0 Å². The summed E-state index contributed by atoms with van der Waals surface area (Å²) in [6, 6.07) is 7.30. The first-order valence-corrected chi connectivity index (χ1v) is 10.4. The maximum Gasteiger partial charge on any atom is 0.224 e. The summed E-state index contributed by atoms with van der Waals surface area (Å²) in [7, 11) is 0. The molecule has 0 N–H and O–H groups in total. The summed E-state index contributed by atoms with van der Waals surface area (Å²) in [4.78, 5) is 16.5. The minimum atomic E-state index is 0.314. The molecule has 0 unspecified atom stereocenters. The molecule has 7 heteroatoms. The summed E-state index contributed by atoms with van der Waals surface area (Å²) in [5.74, 6) is 0.941. The Hall–Kier alpha value is -1.47. The Kier molecular flexibility index (Phi) is 4.90. The van der Waals surface area contributed by atoms with Crippen LogP contribution in [0.15, 0.2) is 18.2 Å². The molecule has 1 aromatic heterocycles. The van der Waals surface area contributed by atoms with Crippen molar-refractivity contribution < 1.29 is 4.74 Å². The van der Waals surface area contributed by atoms with E-state index in [2.05, 4.69) is 42.9 Å². The van der Waals surface area contributed by atoms with Crippen LogP contribution in [0.4, 0.5) is 5.82 Å². The maximum atomic E-state index is 6.20. The molecule has 3 saturated heterocycles. The molecule has 0 radical (unpaired) electrons. The number of anilines is 1. The van der Waals surface area contributed by atoms with Crippen molar-refractivity contribution >= 4 is 28.3 Å². The Balaban J connectivity index is 1.41. The van der Waals surface area contributed by atoms with Crippen LogP contribution < -0.4 is 4.90 Å². The molecule has 4 heterocycles. The molecule has 0 amide bonds. The second-order valence-electron chi connectivity index (χ2n) is 7.83. The predicted octanol–water partition coefficient (Wildman–Crippen LogP) is 2.40. The average molecular weight is 388 g/mol. The Morgan fingerprint density at radius 2 is 1.96 bits per heavy atom. The van der Waals surface area contributed by atoms with Crippen LogP contribution in [0.3, 0.4) is 0 Å². The van der Waals surface area contributed by atoms with Gasteiger partial charge in [-0.1, -0.05) is 6.07 Å². The highest BCUT2D eigenvalue weighted by Gasteiger charge is 2.30. The van der Waals surface area contributed by atoms with Crippen LogP contribution in [-0.2, 0) is 11.3 Å². The maximum absolute atomic E-state index is 6.20. The standard InChI is InChI=1S/C20H26ClN5O/c21-20-22-18-4-3-15(13-24-6-7-25-5-1-2-16(25)14-24)12-17(18)19(23-20)26-8-10-27-11-9-26/h3-4,12,16H,1-2,5-11,13-14H2/t16-/m0/s1. The summed E-state index contributed by atoms with van der Waals surface area (Å²) in [5.41, 5.74) is 2.25. The van der Waals surface area contributed by atoms with Gasteiger partial charge in [-0.3, -0.25) is 9.80 Å². The summed E-state index contributed by atoms with van der Waals surface area (Å²) in [6.07, 6.45) is 2.71. The molecular formula is C20H26ClN5O. The molecular weight excluding hydrogens is 362 g/mol. The van der Waals surface area contributed by atoms with Gasteiger partial charge in [-0.15, -0.1) is 0 Å². The van der Waals surface area contributed by atoms with E-state index in [1.165, 1.54) is 38.0 Å². The van der Waals surface area contributed by atoms with Crippen molar-refractivity contribution in [3.05, 3.63) is 29.0 Å². The molecule has 0 saturated carbocycles. The lowest BCUT2D eigenvalue weighted by Gasteiger charge is -2.37. The van der Waals surface area contributed by atoms with Gasteiger partial charge in [0.1, 0.15) is 5.82 Å². The van der Waals surface area contributed by atoms with Gasteiger partial charge in [0.2, 0.25) is 5.28 Å². The Morgan fingerprint density at radius 1 is 1.07 bits per heavy atom. The first kappa shape index (κ1) is 17.6. The highest BCUT2D eigenvalue weighted by Crippen LogP contribution is 2.28. The van der Waals surface area contributed by atoms with Gasteiger partial charge in [0, 0.05) is 50.7 Å². The monoisotopic (exact) mass is 387 g/mol. The normalized spacial score (nSPS) is 24.5. The van der Waals surface area contributed by atoms with Crippen LogP contribution in [0.2, 0.25) is 5.28 Å². The van der Waals surface area contributed by atoms with Crippen molar-refractivity contribution in [1.82, 2.24) is 19.8 Å². The molecule has 6 nitrogen and oxygen atoms in total. The first-order valence-electron chi connectivity index (χ1n) is 10.0. The fourth-order valence-corrected chi connectivity index (χ4v) is 4.87. The van der Waals surface area contributed by atoms with Gasteiger partial charge in [-0.05, 0) is 48.7 Å². The topological polar surface area (TPSA) is 44.7 Å². The number of rotatable bonds is 3. The molecule has 2 aromatic rings. The zero-order valence-electron chi connectivity index (χ0n) is 15.6. The molecule has 3 aliphatic rings. The summed E-state index contributed by atoms with van der Waals surface area (Å²) < 4.78 is 5.49. The van der Waals surface area contributed by atoms with Crippen molar-refractivity contribution in [1.29, 1.82) is 0 Å². The average Bonchev–Trinajstić information content (AvgIpc) is 3.16. The van der Waals surface area contributed by atoms with Gasteiger partial charge in [-0.2, -0.15) is 4.98 Å². The third-order valence-electron chi connectivity index (χ3n) is 6.10. The summed E-state index contributed by atoms with van der Waals surface area (Å²) >= 11 is 6.20. The largest absolute Gasteiger partial charge is 0.378 e. The van der Waals surface area contributed by atoms with Crippen molar-refractivity contribution in [3.8, 4) is 0 Å². The molecule has 0 spiro atoms. The molecule has 0 aliphatic carbocycles. The Morgan fingerprint density at radius 3 is 2.85 bits per heavy atom. The smallest absolute Gasteiger partial charge is 0.224 e. The highest BCUT2D eigenvalue weighted by molar-refractivity contribution is 6.28. The van der Waals surface area contributed by atoms with Crippen molar-refractivity contribution in [2.24, 2.45) is 0 Å². The number of nitrogens with zero attached hydrogens (tertiary/aromatic N) is 5. The lowest BCUT2D eigenvalue weighted by molar-refractivity contribution is 0.0994. The number of ether oxygens (including phenoxy) is 1. The van der Waals surface area contributed by atoms with Crippen molar-refractivity contribution in [3.63, 3.8) is 0 Å². The van der Waals surface area contributed by atoms with E-state index in [9.17, 15) is 0 Å². The van der Waals surface area contributed by atoms with Crippen LogP contribution in [0.25, 0.3) is 10.9 Å². The lowest BCUT2D eigenvalue weighted by atomic mass is 10.1. The fourth-order valence-electron chi connectivity index (χ4n) is 4.70. The second-order valence-corrected chi connectivity index (χ2v) is 8.17. The second kappa shape index (κ2) is 7.51. The Labute approximate surface area is 165 Å². The number of morpholine rings is 1. The van der Waals surface area contributed by atoms with Crippen LogP contribution in [-0.4, -0.2) is 78.3 Å². The van der Waals surface area contributed by atoms with Crippen LogP contribution in [0.5, 0.6) is 0 Å². The third-order valence-corrected chi connectivity index (χ3v) is 6.27. The zero-order chi connectivity index (χ0) is 18.2. The van der Waals surface area contributed by atoms with Crippen molar-refractivity contribution in [2.45, 2.75) is 25.4 Å². The van der Waals surface area contributed by atoms with Gasteiger partial charge < -0.3 is 9.64 Å². The van der Waals surface area contributed by atoms with Gasteiger partial charge in [0.15, 0.2) is 0 Å². The molecule has 144 valence electrons. The van der Waals surface area contributed by atoms with Gasteiger partial charge in [0.25, 0.3) is 0 Å². The fraction of sp³-hybridized carbons (Fsp3) is 0.600. The van der Waals surface area contributed by atoms with E-state index in [0.29, 0.717) is 5.28 Å². The highest BCUT2D eigenvalue weighted by atomic mass is 35.5. The first-order chi connectivity index (χ1) is 13.3. The van der Waals surface area contributed by atoms with E-state index in [4.69, 9.17) is 16.3 Å². The number of fused-ring (bicyclic) bond motifs is 2. The van der Waals surface area contributed by atoms with Gasteiger partial charge >= 0.3 is 0 Å². The van der Waals surface area contributed by atoms with E-state index < -0.39 is 0 Å². The number of hydrogen-bond donors (Lipinski definition) is 0. The quantitative estimate of drug-likeness (QED) is 0.753. The number of piperazine rings is 1. The minimum Gasteiger partial charge on any atom is -0.378 e. The molecule has 0 bridgehead atoms. The van der Waals surface area contributed by atoms with Crippen LogP contribution in [0.1, 0.15) is 18.4 Å². The molecule has 5 rings (SSSR count). The lowest BCUT2D eigenvalue weighted by Crippen LogP contribution is -2.49. The third kappa shape index (κ3) is 3.63. The van der Waals surface area contributed by atoms with Crippen LogP contribution >= 0.6 is 11.6 Å². The van der Waals surface area contributed by atoms with Gasteiger partial charge in [0.05, 0.1) is 18.7 Å². The van der Waals surface area contributed by atoms with E-state index in [1.807, 2.05) is 0 Å². The van der Waals surface area contributed by atoms with Crippen molar-refractivity contribution in [2.75, 3.05) is 57.4 Å². The van der Waals surface area contributed by atoms with Gasteiger partial charge in [-0.25, -0.2) is 4.98 Å². The van der Waals surface area contributed by atoms with E-state index in [-0.39, 0.29) is 0 Å². The minimum absolute atomic E-state index is 0.314. The molecule has 1 aromatic carbocycles. The SMILES string of the molecule is Clc1nc(N2CCOCC2)c2cc(CN3CCN4CCC[C@H]4C3)ccc2n1. The zero-order valence-corrected chi connectivity index (χ0v) is 16.4. The summed E-state index contributed by atoms with van der Waals surface area (Å²) in [6.45, 7) is 8.97. The molecule has 27 heavy (non-hydrogen) atoms. The van der Waals surface area contributed by atoms with E-state index in [1.54, 1.807) is 0 Å². The molecule has 1 atom stereocenters. The predicted molar refractivity (Wildman–Crippen MR) is 107 cm³/mol. The number of halogens is 1. The molecule has 3 fully saturated rings. The molecule has 3 aliphatic heterocycles.